The monoisotopic (exact) mass is 454 g/mol. The summed E-state index contributed by atoms with van der Waals surface area (Å²) in [5.41, 5.74) is 3.32. The molecular formula is C24H27ClN4OS. The third kappa shape index (κ3) is 5.83. The van der Waals surface area contributed by atoms with Crippen molar-refractivity contribution in [1.29, 1.82) is 0 Å². The van der Waals surface area contributed by atoms with E-state index < -0.39 is 5.38 Å². The van der Waals surface area contributed by atoms with E-state index in [1.807, 2.05) is 30.3 Å². The molecule has 31 heavy (non-hydrogen) atoms. The SMILES string of the molecule is Cc1ccc(Cc2nsc(N3CCC(CNC(=O)C(Cl)c4ccccc4)CC3)n2)cc1. The number of carbonyl (C=O) groups is 1. The van der Waals surface area contributed by atoms with Crippen LogP contribution >= 0.6 is 23.1 Å². The number of amides is 1. The maximum absolute atomic E-state index is 12.4. The number of hydrogen-bond donors (Lipinski definition) is 1. The van der Waals surface area contributed by atoms with Crippen LogP contribution in [0.5, 0.6) is 0 Å². The number of rotatable bonds is 7. The Morgan fingerprint density at radius 2 is 1.87 bits per heavy atom. The number of piperidine rings is 1. The highest BCUT2D eigenvalue weighted by Gasteiger charge is 2.24. The Morgan fingerprint density at radius 1 is 1.16 bits per heavy atom. The van der Waals surface area contributed by atoms with E-state index in [0.717, 1.165) is 48.9 Å². The number of aryl methyl sites for hydroxylation is 1. The van der Waals surface area contributed by atoms with Gasteiger partial charge in [-0.25, -0.2) is 4.98 Å². The summed E-state index contributed by atoms with van der Waals surface area (Å²) in [6, 6.07) is 18.0. The van der Waals surface area contributed by atoms with E-state index in [9.17, 15) is 4.79 Å². The highest BCUT2D eigenvalue weighted by Crippen LogP contribution is 2.26. The number of anilines is 1. The Balaban J connectivity index is 1.23. The van der Waals surface area contributed by atoms with Crippen molar-refractivity contribution in [3.05, 3.63) is 77.1 Å². The van der Waals surface area contributed by atoms with E-state index in [-0.39, 0.29) is 5.91 Å². The molecule has 2 aromatic carbocycles. The second-order valence-corrected chi connectivity index (χ2v) is 9.27. The number of halogens is 1. The molecule has 1 saturated heterocycles. The van der Waals surface area contributed by atoms with Crippen molar-refractivity contribution in [1.82, 2.24) is 14.7 Å². The minimum absolute atomic E-state index is 0.125. The molecule has 1 amide bonds. The van der Waals surface area contributed by atoms with E-state index in [4.69, 9.17) is 16.6 Å². The third-order valence-corrected chi connectivity index (χ3v) is 6.98. The molecule has 0 bridgehead atoms. The van der Waals surface area contributed by atoms with Gasteiger partial charge in [-0.1, -0.05) is 60.2 Å². The molecule has 0 aliphatic carbocycles. The number of nitrogens with zero attached hydrogens (tertiary/aromatic N) is 3. The molecule has 3 aromatic rings. The summed E-state index contributed by atoms with van der Waals surface area (Å²) >= 11 is 7.79. The molecule has 1 aromatic heterocycles. The van der Waals surface area contributed by atoms with Gasteiger partial charge in [0.25, 0.3) is 0 Å². The third-order valence-electron chi connectivity index (χ3n) is 5.71. The van der Waals surface area contributed by atoms with Crippen molar-refractivity contribution >= 4 is 34.2 Å². The van der Waals surface area contributed by atoms with Gasteiger partial charge in [0.15, 0.2) is 0 Å². The van der Waals surface area contributed by atoms with Crippen molar-refractivity contribution in [2.75, 3.05) is 24.5 Å². The van der Waals surface area contributed by atoms with Gasteiger partial charge in [-0.3, -0.25) is 4.79 Å². The molecule has 5 nitrogen and oxygen atoms in total. The Kier molecular flexibility index (Phi) is 7.20. The number of hydrogen-bond acceptors (Lipinski definition) is 5. The molecule has 2 heterocycles. The summed E-state index contributed by atoms with van der Waals surface area (Å²) in [6.45, 7) is 4.62. The number of carbonyl (C=O) groups excluding carboxylic acids is 1. The fraction of sp³-hybridized carbons (Fsp3) is 0.375. The highest BCUT2D eigenvalue weighted by atomic mass is 35.5. The van der Waals surface area contributed by atoms with Crippen LogP contribution in [-0.4, -0.2) is 34.9 Å². The van der Waals surface area contributed by atoms with Crippen LogP contribution in [0.4, 0.5) is 5.13 Å². The summed E-state index contributed by atoms with van der Waals surface area (Å²) in [4.78, 5) is 19.4. The molecule has 162 valence electrons. The van der Waals surface area contributed by atoms with Crippen molar-refractivity contribution < 1.29 is 4.79 Å². The lowest BCUT2D eigenvalue weighted by Gasteiger charge is -2.31. The van der Waals surface area contributed by atoms with Crippen LogP contribution in [0.1, 0.15) is 40.7 Å². The molecular weight excluding hydrogens is 428 g/mol. The maximum Gasteiger partial charge on any atom is 0.242 e. The van der Waals surface area contributed by atoms with Gasteiger partial charge < -0.3 is 10.2 Å². The summed E-state index contributed by atoms with van der Waals surface area (Å²) in [7, 11) is 0. The Hall–Kier alpha value is -2.44. The van der Waals surface area contributed by atoms with Crippen LogP contribution in [0.2, 0.25) is 0 Å². The normalized spacial score (nSPS) is 15.6. The largest absolute Gasteiger partial charge is 0.354 e. The first-order valence-electron chi connectivity index (χ1n) is 10.7. The van der Waals surface area contributed by atoms with Crippen LogP contribution < -0.4 is 10.2 Å². The minimum Gasteiger partial charge on any atom is -0.354 e. The first kappa shape index (κ1) is 21.8. The van der Waals surface area contributed by atoms with E-state index in [1.54, 1.807) is 0 Å². The molecule has 7 heteroatoms. The van der Waals surface area contributed by atoms with Gasteiger partial charge in [0.1, 0.15) is 11.2 Å². The Bertz CT molecular complexity index is 984. The van der Waals surface area contributed by atoms with Gasteiger partial charge in [-0.2, -0.15) is 4.37 Å². The average molecular weight is 455 g/mol. The molecule has 1 atom stereocenters. The van der Waals surface area contributed by atoms with E-state index in [2.05, 4.69) is 45.8 Å². The predicted octanol–water partition coefficient (Wildman–Crippen LogP) is 4.75. The standard InChI is InChI=1S/C24H27ClN4OS/c1-17-7-9-18(10-8-17)15-21-27-24(31-28-21)29-13-11-19(12-14-29)16-26-23(30)22(25)20-5-3-2-4-6-20/h2-10,19,22H,11-16H2,1H3,(H,26,30). The minimum atomic E-state index is -0.644. The average Bonchev–Trinajstić information content (AvgIpc) is 3.28. The summed E-state index contributed by atoms with van der Waals surface area (Å²) in [6.07, 6.45) is 2.80. The molecule has 1 fully saturated rings. The second kappa shape index (κ2) is 10.2. The summed E-state index contributed by atoms with van der Waals surface area (Å²) in [5, 5.41) is 3.38. The smallest absolute Gasteiger partial charge is 0.242 e. The first-order chi connectivity index (χ1) is 15.1. The maximum atomic E-state index is 12.4. The van der Waals surface area contributed by atoms with Gasteiger partial charge in [0.2, 0.25) is 11.0 Å². The van der Waals surface area contributed by atoms with Crippen LogP contribution in [0.15, 0.2) is 54.6 Å². The van der Waals surface area contributed by atoms with E-state index in [1.165, 1.54) is 22.7 Å². The number of aromatic nitrogens is 2. The molecule has 1 N–H and O–H groups in total. The quantitative estimate of drug-likeness (QED) is 0.523. The van der Waals surface area contributed by atoms with Crippen LogP contribution in [0.25, 0.3) is 0 Å². The molecule has 0 radical (unpaired) electrons. The van der Waals surface area contributed by atoms with Crippen molar-refractivity contribution in [3.8, 4) is 0 Å². The number of benzene rings is 2. The van der Waals surface area contributed by atoms with Gasteiger partial charge in [-0.05, 0) is 36.8 Å². The molecule has 1 unspecified atom stereocenters. The summed E-state index contributed by atoms with van der Waals surface area (Å²) in [5.74, 6) is 1.22. The zero-order valence-electron chi connectivity index (χ0n) is 17.6. The molecule has 0 saturated carbocycles. The topological polar surface area (TPSA) is 58.1 Å². The van der Waals surface area contributed by atoms with Gasteiger partial charge in [-0.15, -0.1) is 11.6 Å². The van der Waals surface area contributed by atoms with Crippen LogP contribution in [-0.2, 0) is 11.2 Å². The van der Waals surface area contributed by atoms with Crippen molar-refractivity contribution in [2.24, 2.45) is 5.92 Å². The Labute approximate surface area is 192 Å². The lowest BCUT2D eigenvalue weighted by atomic mass is 9.97. The van der Waals surface area contributed by atoms with Gasteiger partial charge in [0.05, 0.1) is 0 Å². The first-order valence-corrected chi connectivity index (χ1v) is 11.9. The Morgan fingerprint density at radius 3 is 2.58 bits per heavy atom. The zero-order valence-corrected chi connectivity index (χ0v) is 19.2. The second-order valence-electron chi connectivity index (χ2n) is 8.10. The summed E-state index contributed by atoms with van der Waals surface area (Å²) < 4.78 is 4.55. The zero-order chi connectivity index (χ0) is 21.6. The van der Waals surface area contributed by atoms with Gasteiger partial charge in [0, 0.05) is 37.6 Å². The van der Waals surface area contributed by atoms with E-state index in [0.29, 0.717) is 12.5 Å². The number of nitrogens with one attached hydrogen (secondary N) is 1. The van der Waals surface area contributed by atoms with Crippen molar-refractivity contribution in [2.45, 2.75) is 31.6 Å². The number of alkyl halides is 1. The van der Waals surface area contributed by atoms with Crippen LogP contribution in [0, 0.1) is 12.8 Å². The lowest BCUT2D eigenvalue weighted by Crippen LogP contribution is -2.39. The molecule has 0 spiro atoms. The van der Waals surface area contributed by atoms with Gasteiger partial charge >= 0.3 is 0 Å². The molecule has 1 aliphatic heterocycles. The molecule has 4 rings (SSSR count). The fourth-order valence-electron chi connectivity index (χ4n) is 3.77. The lowest BCUT2D eigenvalue weighted by molar-refractivity contribution is -0.121. The van der Waals surface area contributed by atoms with Crippen LogP contribution in [0.3, 0.4) is 0 Å². The fourth-order valence-corrected chi connectivity index (χ4v) is 4.73. The predicted molar refractivity (Wildman–Crippen MR) is 127 cm³/mol. The van der Waals surface area contributed by atoms with Crippen molar-refractivity contribution in [3.63, 3.8) is 0 Å². The molecule has 1 aliphatic rings. The van der Waals surface area contributed by atoms with E-state index >= 15 is 0 Å². The highest BCUT2D eigenvalue weighted by molar-refractivity contribution is 7.09.